The smallest absolute Gasteiger partial charge is 0.222 e. The normalized spacial score (nSPS) is 14.3. The maximum absolute atomic E-state index is 13.2. The van der Waals surface area contributed by atoms with E-state index in [1.54, 1.807) is 7.11 Å². The summed E-state index contributed by atoms with van der Waals surface area (Å²) < 4.78 is 7.51. The van der Waals surface area contributed by atoms with E-state index in [0.717, 1.165) is 40.0 Å². The largest absolute Gasteiger partial charge is 0.497 e. The van der Waals surface area contributed by atoms with Gasteiger partial charge < -0.3 is 15.0 Å². The van der Waals surface area contributed by atoms with Crippen molar-refractivity contribution in [1.29, 1.82) is 0 Å². The number of aliphatic imine (C=N–C) groups is 1. The number of hydrogen-bond donors (Lipinski definition) is 2. The number of aryl methyl sites for hydroxylation is 1. The summed E-state index contributed by atoms with van der Waals surface area (Å²) in [5.41, 5.74) is 5.61. The van der Waals surface area contributed by atoms with Gasteiger partial charge in [0, 0.05) is 34.4 Å². The van der Waals surface area contributed by atoms with Crippen LogP contribution in [0.1, 0.15) is 40.8 Å². The highest BCUT2D eigenvalue weighted by Crippen LogP contribution is 2.34. The highest BCUT2D eigenvalue weighted by atomic mass is 35.5. The molecule has 0 saturated heterocycles. The predicted molar refractivity (Wildman–Crippen MR) is 152 cm³/mol. The topological polar surface area (TPSA) is 97.2 Å². The van der Waals surface area contributed by atoms with Gasteiger partial charge >= 0.3 is 0 Å². The van der Waals surface area contributed by atoms with E-state index in [2.05, 4.69) is 38.7 Å². The minimum Gasteiger partial charge on any atom is -0.497 e. The fourth-order valence-corrected chi connectivity index (χ4v) is 5.15. The van der Waals surface area contributed by atoms with E-state index < -0.39 is 6.04 Å². The summed E-state index contributed by atoms with van der Waals surface area (Å²) in [5.74, 6) is 1.94. The number of amides is 1. The van der Waals surface area contributed by atoms with Gasteiger partial charge in [0.1, 0.15) is 17.6 Å². The minimum absolute atomic E-state index is 0.101. The van der Waals surface area contributed by atoms with Crippen LogP contribution in [0.2, 0.25) is 5.02 Å². The maximum Gasteiger partial charge on any atom is 0.222 e. The molecule has 1 aliphatic heterocycles. The highest BCUT2D eigenvalue weighted by Gasteiger charge is 2.30. The van der Waals surface area contributed by atoms with E-state index in [1.165, 1.54) is 5.39 Å². The van der Waals surface area contributed by atoms with Gasteiger partial charge in [-0.3, -0.25) is 14.4 Å². The van der Waals surface area contributed by atoms with Crippen LogP contribution in [0.15, 0.2) is 77.9 Å². The van der Waals surface area contributed by atoms with Gasteiger partial charge in [-0.15, -0.1) is 10.2 Å². The van der Waals surface area contributed by atoms with Crippen molar-refractivity contribution >= 4 is 34.1 Å². The van der Waals surface area contributed by atoms with Gasteiger partial charge in [-0.25, -0.2) is 0 Å². The Balaban J connectivity index is 1.30. The Morgan fingerprint density at radius 1 is 1.08 bits per heavy atom. The van der Waals surface area contributed by atoms with Crippen LogP contribution in [0.5, 0.6) is 5.75 Å². The molecule has 2 N–H and O–H groups in total. The standard InChI is InChI=1S/C30H27ClN6O2/c1-18-35-36-30-26(17-28(38)33-13-11-19-3-4-20-12-14-32-25(20)15-19)34-29(21-5-7-22(31)8-6-21)24-16-23(39-2)9-10-27(24)37(18)30/h3-10,12,14-16,26,32H,11,13,17H2,1-2H3,(H,33,38). The number of halogens is 1. The first-order valence-electron chi connectivity index (χ1n) is 12.8. The van der Waals surface area contributed by atoms with Gasteiger partial charge in [-0.1, -0.05) is 35.9 Å². The van der Waals surface area contributed by atoms with Crippen molar-refractivity contribution in [2.75, 3.05) is 13.7 Å². The number of carbonyl (C=O) groups is 1. The average molecular weight is 539 g/mol. The molecule has 196 valence electrons. The van der Waals surface area contributed by atoms with E-state index in [4.69, 9.17) is 21.3 Å². The van der Waals surface area contributed by atoms with Crippen molar-refractivity contribution in [2.45, 2.75) is 25.8 Å². The lowest BCUT2D eigenvalue weighted by Gasteiger charge is -2.14. The molecule has 0 saturated carbocycles. The molecule has 5 aromatic rings. The third-order valence-electron chi connectivity index (χ3n) is 6.98. The Labute approximate surface area is 230 Å². The van der Waals surface area contributed by atoms with Crippen LogP contribution in [0.25, 0.3) is 16.6 Å². The molecule has 1 unspecified atom stereocenters. The summed E-state index contributed by atoms with van der Waals surface area (Å²) >= 11 is 6.18. The third-order valence-corrected chi connectivity index (χ3v) is 7.24. The lowest BCUT2D eigenvalue weighted by molar-refractivity contribution is -0.121. The van der Waals surface area contributed by atoms with E-state index in [-0.39, 0.29) is 12.3 Å². The van der Waals surface area contributed by atoms with Crippen LogP contribution in [0.4, 0.5) is 0 Å². The number of H-pyrrole nitrogens is 1. The molecule has 3 heterocycles. The van der Waals surface area contributed by atoms with Gasteiger partial charge in [0.25, 0.3) is 0 Å². The van der Waals surface area contributed by atoms with Crippen molar-refractivity contribution in [2.24, 2.45) is 4.99 Å². The fourth-order valence-electron chi connectivity index (χ4n) is 5.02. The summed E-state index contributed by atoms with van der Waals surface area (Å²) in [6.07, 6.45) is 2.79. The van der Waals surface area contributed by atoms with Crippen molar-refractivity contribution in [3.8, 4) is 11.4 Å². The first-order valence-corrected chi connectivity index (χ1v) is 13.1. The quantitative estimate of drug-likeness (QED) is 0.291. The molecule has 0 bridgehead atoms. The molecule has 8 nitrogen and oxygen atoms in total. The number of fused-ring (bicyclic) bond motifs is 4. The molecule has 0 aliphatic carbocycles. The van der Waals surface area contributed by atoms with Gasteiger partial charge in [-0.05, 0) is 66.8 Å². The van der Waals surface area contributed by atoms with Crippen molar-refractivity contribution in [1.82, 2.24) is 25.1 Å². The second-order valence-electron chi connectivity index (χ2n) is 9.53. The van der Waals surface area contributed by atoms with Gasteiger partial charge in [0.15, 0.2) is 5.82 Å². The first-order chi connectivity index (χ1) is 19.0. The number of carbonyl (C=O) groups excluding carboxylic acids is 1. The maximum atomic E-state index is 13.2. The molecule has 2 aromatic heterocycles. The number of nitrogens with zero attached hydrogens (tertiary/aromatic N) is 4. The molecule has 6 rings (SSSR count). The lowest BCUT2D eigenvalue weighted by Crippen LogP contribution is -2.27. The number of hydrogen-bond acceptors (Lipinski definition) is 5. The average Bonchev–Trinajstić information content (AvgIpc) is 3.54. The second kappa shape index (κ2) is 10.4. The Morgan fingerprint density at radius 3 is 2.74 bits per heavy atom. The third kappa shape index (κ3) is 4.91. The Hall–Kier alpha value is -4.43. The fraction of sp³-hybridized carbons (Fsp3) is 0.200. The summed E-state index contributed by atoms with van der Waals surface area (Å²) in [5, 5.41) is 13.7. The van der Waals surface area contributed by atoms with Crippen LogP contribution >= 0.6 is 11.6 Å². The molecular weight excluding hydrogens is 512 g/mol. The SMILES string of the molecule is COc1ccc2c(c1)C(c1ccc(Cl)cc1)=NC(CC(=O)NCCc1ccc3cc[nH]c3c1)c1nnc(C)n1-2. The number of aromatic nitrogens is 4. The monoisotopic (exact) mass is 538 g/mol. The van der Waals surface area contributed by atoms with Crippen molar-refractivity contribution < 1.29 is 9.53 Å². The van der Waals surface area contributed by atoms with Crippen LogP contribution in [-0.4, -0.2) is 45.0 Å². The molecule has 0 fully saturated rings. The molecular formula is C30H27ClN6O2. The van der Waals surface area contributed by atoms with Crippen LogP contribution in [-0.2, 0) is 11.2 Å². The number of rotatable bonds is 7. The Morgan fingerprint density at radius 2 is 1.92 bits per heavy atom. The number of nitrogens with one attached hydrogen (secondary N) is 2. The molecule has 3 aromatic carbocycles. The zero-order chi connectivity index (χ0) is 26.9. The number of aromatic amines is 1. The number of methoxy groups -OCH3 is 1. The first kappa shape index (κ1) is 24.9. The minimum atomic E-state index is -0.537. The molecule has 0 radical (unpaired) electrons. The zero-order valence-corrected chi connectivity index (χ0v) is 22.4. The lowest BCUT2D eigenvalue weighted by atomic mass is 10.00. The van der Waals surface area contributed by atoms with Crippen molar-refractivity contribution in [3.05, 3.63) is 106 Å². The van der Waals surface area contributed by atoms with Gasteiger partial charge in [0.2, 0.25) is 5.91 Å². The van der Waals surface area contributed by atoms with Crippen molar-refractivity contribution in [3.63, 3.8) is 0 Å². The Bertz CT molecular complexity index is 1700. The summed E-state index contributed by atoms with van der Waals surface area (Å²) in [6.45, 7) is 2.42. The van der Waals surface area contributed by atoms with Gasteiger partial charge in [-0.2, -0.15) is 0 Å². The summed E-state index contributed by atoms with van der Waals surface area (Å²) in [7, 11) is 1.64. The second-order valence-corrected chi connectivity index (χ2v) is 9.96. The highest BCUT2D eigenvalue weighted by molar-refractivity contribution is 6.30. The van der Waals surface area contributed by atoms with Gasteiger partial charge in [0.05, 0.1) is 24.9 Å². The number of ether oxygens (including phenoxy) is 1. The molecule has 9 heteroatoms. The summed E-state index contributed by atoms with van der Waals surface area (Å²) in [6, 6.07) is 21.2. The molecule has 1 atom stereocenters. The van der Waals surface area contributed by atoms with E-state index in [0.29, 0.717) is 29.0 Å². The molecule has 39 heavy (non-hydrogen) atoms. The zero-order valence-electron chi connectivity index (χ0n) is 21.6. The predicted octanol–water partition coefficient (Wildman–Crippen LogP) is 5.36. The van der Waals surface area contributed by atoms with E-state index in [1.807, 2.05) is 66.2 Å². The van der Waals surface area contributed by atoms with Crippen LogP contribution < -0.4 is 10.1 Å². The summed E-state index contributed by atoms with van der Waals surface area (Å²) in [4.78, 5) is 21.5. The van der Waals surface area contributed by atoms with E-state index in [9.17, 15) is 4.79 Å². The van der Waals surface area contributed by atoms with E-state index >= 15 is 0 Å². The molecule has 1 aliphatic rings. The molecule has 1 amide bonds. The Kier molecular flexibility index (Phi) is 6.62. The van der Waals surface area contributed by atoms with Crippen LogP contribution in [0.3, 0.4) is 0 Å². The number of benzene rings is 3. The molecule has 0 spiro atoms. The van der Waals surface area contributed by atoms with Crippen LogP contribution in [0, 0.1) is 6.92 Å².